The van der Waals surface area contributed by atoms with Crippen LogP contribution in [-0.4, -0.2) is 15.7 Å². The average Bonchev–Trinajstić information content (AvgIpc) is 2.56. The van der Waals surface area contributed by atoms with Crippen LogP contribution in [0.1, 0.15) is 0 Å². The van der Waals surface area contributed by atoms with Crippen molar-refractivity contribution >= 4 is 21.5 Å². The van der Waals surface area contributed by atoms with Crippen molar-refractivity contribution in [3.63, 3.8) is 0 Å². The van der Waals surface area contributed by atoms with Crippen LogP contribution in [0.3, 0.4) is 0 Å². The van der Waals surface area contributed by atoms with E-state index >= 15 is 0 Å². The quantitative estimate of drug-likeness (QED) is 0.552. The van der Waals surface area contributed by atoms with E-state index in [-0.39, 0.29) is 17.0 Å². The van der Waals surface area contributed by atoms with Crippen LogP contribution >= 0.6 is 0 Å². The van der Waals surface area contributed by atoms with E-state index in [1.54, 1.807) is 12.1 Å². The Morgan fingerprint density at radius 1 is 0.478 bits per heavy atom. The molecule has 0 saturated heterocycles. The number of phenolic OH excluding ortho intramolecular Hbond substituents is 2. The fourth-order valence-electron chi connectivity index (χ4n) is 3.05. The van der Waals surface area contributed by atoms with Crippen LogP contribution in [0, 0.1) is 0 Å². The third-order valence-electron chi connectivity index (χ3n) is 4.06. The van der Waals surface area contributed by atoms with Crippen LogP contribution in [0.5, 0.6) is 11.5 Å². The SMILES string of the molecule is O.Oc1ccc2ccccc2c1-c1c(O)ccc2ccccc12. The van der Waals surface area contributed by atoms with E-state index in [0.29, 0.717) is 11.1 Å². The highest BCUT2D eigenvalue weighted by Gasteiger charge is 2.16. The van der Waals surface area contributed by atoms with Crippen molar-refractivity contribution in [1.29, 1.82) is 0 Å². The summed E-state index contributed by atoms with van der Waals surface area (Å²) in [5.41, 5.74) is 1.35. The largest absolute Gasteiger partial charge is 0.507 e. The summed E-state index contributed by atoms with van der Waals surface area (Å²) in [5.74, 6) is 0.343. The topological polar surface area (TPSA) is 72.0 Å². The van der Waals surface area contributed by atoms with E-state index in [1.165, 1.54) is 0 Å². The normalized spacial score (nSPS) is 10.6. The van der Waals surface area contributed by atoms with Crippen LogP contribution in [0.4, 0.5) is 0 Å². The number of phenols is 2. The van der Waals surface area contributed by atoms with Gasteiger partial charge in [0, 0.05) is 11.1 Å². The fraction of sp³-hybridized carbons (Fsp3) is 0. The molecule has 4 N–H and O–H groups in total. The smallest absolute Gasteiger partial charge is 0.124 e. The lowest BCUT2D eigenvalue weighted by molar-refractivity contribution is 0.470. The van der Waals surface area contributed by atoms with Crippen molar-refractivity contribution in [2.24, 2.45) is 0 Å². The molecule has 0 unspecified atom stereocenters. The van der Waals surface area contributed by atoms with Crippen LogP contribution in [0.25, 0.3) is 32.7 Å². The minimum atomic E-state index is 0. The fourth-order valence-corrected chi connectivity index (χ4v) is 3.05. The number of rotatable bonds is 1. The minimum absolute atomic E-state index is 0. The summed E-state index contributed by atoms with van der Waals surface area (Å²) in [6.07, 6.45) is 0. The Kier molecular flexibility index (Phi) is 3.64. The zero-order valence-electron chi connectivity index (χ0n) is 12.3. The molecule has 0 amide bonds. The second kappa shape index (κ2) is 5.63. The van der Waals surface area contributed by atoms with Gasteiger partial charge in [-0.25, -0.2) is 0 Å². The summed E-state index contributed by atoms with van der Waals surface area (Å²) >= 11 is 0. The molecule has 0 aliphatic heterocycles. The highest BCUT2D eigenvalue weighted by molar-refractivity contribution is 6.09. The average molecular weight is 304 g/mol. The van der Waals surface area contributed by atoms with Gasteiger partial charge in [0.1, 0.15) is 11.5 Å². The van der Waals surface area contributed by atoms with Crippen LogP contribution in [0.2, 0.25) is 0 Å². The van der Waals surface area contributed by atoms with Gasteiger partial charge in [-0.3, -0.25) is 0 Å². The summed E-state index contributed by atoms with van der Waals surface area (Å²) < 4.78 is 0. The molecule has 23 heavy (non-hydrogen) atoms. The van der Waals surface area contributed by atoms with Crippen molar-refractivity contribution in [3.05, 3.63) is 72.8 Å². The molecule has 0 saturated carbocycles. The molecule has 114 valence electrons. The predicted octanol–water partition coefficient (Wildman–Crippen LogP) is 4.25. The molecule has 0 aliphatic carbocycles. The summed E-state index contributed by atoms with van der Waals surface area (Å²) in [7, 11) is 0. The molecule has 0 radical (unpaired) electrons. The molecule has 4 rings (SSSR count). The number of hydrogen-bond donors (Lipinski definition) is 2. The Balaban J connectivity index is 0.00000156. The maximum atomic E-state index is 10.4. The Bertz CT molecular complexity index is 923. The third-order valence-corrected chi connectivity index (χ3v) is 4.06. The van der Waals surface area contributed by atoms with E-state index in [0.717, 1.165) is 21.5 Å². The van der Waals surface area contributed by atoms with Crippen molar-refractivity contribution in [2.45, 2.75) is 0 Å². The molecule has 3 nitrogen and oxygen atoms in total. The second-order valence-corrected chi connectivity index (χ2v) is 5.36. The van der Waals surface area contributed by atoms with Crippen LogP contribution in [-0.2, 0) is 0 Å². The Morgan fingerprint density at radius 3 is 1.30 bits per heavy atom. The van der Waals surface area contributed by atoms with Gasteiger partial charge in [0.15, 0.2) is 0 Å². The predicted molar refractivity (Wildman–Crippen MR) is 93.8 cm³/mol. The highest BCUT2D eigenvalue weighted by Crippen LogP contribution is 2.44. The van der Waals surface area contributed by atoms with Crippen molar-refractivity contribution in [3.8, 4) is 22.6 Å². The molecule has 0 heterocycles. The molecular formula is C20H16O3. The molecule has 3 heteroatoms. The Morgan fingerprint density at radius 2 is 0.870 bits per heavy atom. The van der Waals surface area contributed by atoms with Crippen LogP contribution < -0.4 is 0 Å². The molecular weight excluding hydrogens is 288 g/mol. The van der Waals surface area contributed by atoms with Crippen LogP contribution in [0.15, 0.2) is 72.8 Å². The number of fused-ring (bicyclic) bond motifs is 2. The standard InChI is InChI=1S/C20H14O2.H2O/c21-17-11-9-13-5-1-3-7-15(13)19(17)20-16-8-4-2-6-14(16)10-12-18(20)22;/h1-12,21-22H;1H2. The first-order chi connectivity index (χ1) is 10.8. The summed E-state index contributed by atoms with van der Waals surface area (Å²) in [6.45, 7) is 0. The Labute approximate surface area is 133 Å². The Hall–Kier alpha value is -3.04. The van der Waals surface area contributed by atoms with Gasteiger partial charge in [0.25, 0.3) is 0 Å². The van der Waals surface area contributed by atoms with E-state index in [4.69, 9.17) is 0 Å². The van der Waals surface area contributed by atoms with E-state index < -0.39 is 0 Å². The lowest BCUT2D eigenvalue weighted by atomic mass is 9.92. The van der Waals surface area contributed by atoms with E-state index in [9.17, 15) is 10.2 Å². The molecule has 0 aromatic heterocycles. The van der Waals surface area contributed by atoms with Gasteiger partial charge in [-0.15, -0.1) is 0 Å². The number of aromatic hydroxyl groups is 2. The first-order valence-corrected chi connectivity index (χ1v) is 7.17. The van der Waals surface area contributed by atoms with Crippen molar-refractivity contribution in [1.82, 2.24) is 0 Å². The zero-order valence-corrected chi connectivity index (χ0v) is 12.3. The third kappa shape index (κ3) is 2.28. The monoisotopic (exact) mass is 304 g/mol. The maximum absolute atomic E-state index is 10.4. The lowest BCUT2D eigenvalue weighted by Gasteiger charge is -2.14. The number of hydrogen-bond acceptors (Lipinski definition) is 2. The second-order valence-electron chi connectivity index (χ2n) is 5.36. The maximum Gasteiger partial charge on any atom is 0.124 e. The lowest BCUT2D eigenvalue weighted by Crippen LogP contribution is -1.86. The summed E-state index contributed by atoms with van der Waals surface area (Å²) in [4.78, 5) is 0. The highest BCUT2D eigenvalue weighted by atomic mass is 16.3. The van der Waals surface area contributed by atoms with Gasteiger partial charge in [0.05, 0.1) is 0 Å². The van der Waals surface area contributed by atoms with Gasteiger partial charge >= 0.3 is 0 Å². The summed E-state index contributed by atoms with van der Waals surface area (Å²) in [5, 5.41) is 24.8. The van der Waals surface area contributed by atoms with Gasteiger partial charge in [0.2, 0.25) is 0 Å². The van der Waals surface area contributed by atoms with E-state index in [1.807, 2.05) is 60.7 Å². The molecule has 0 bridgehead atoms. The van der Waals surface area contributed by atoms with Gasteiger partial charge in [-0.05, 0) is 33.7 Å². The van der Waals surface area contributed by atoms with Crippen molar-refractivity contribution in [2.75, 3.05) is 0 Å². The molecule has 4 aromatic rings. The first kappa shape index (κ1) is 14.9. The zero-order chi connectivity index (χ0) is 15.1. The van der Waals surface area contributed by atoms with Crippen molar-refractivity contribution < 1.29 is 15.7 Å². The molecule has 0 spiro atoms. The van der Waals surface area contributed by atoms with Gasteiger partial charge in [-0.1, -0.05) is 60.7 Å². The molecule has 0 aliphatic rings. The first-order valence-electron chi connectivity index (χ1n) is 7.17. The molecule has 0 fully saturated rings. The minimum Gasteiger partial charge on any atom is -0.507 e. The number of benzene rings is 4. The summed E-state index contributed by atoms with van der Waals surface area (Å²) in [6, 6.07) is 22.9. The molecule has 0 atom stereocenters. The van der Waals surface area contributed by atoms with Gasteiger partial charge < -0.3 is 15.7 Å². The molecule has 4 aromatic carbocycles. The van der Waals surface area contributed by atoms with Gasteiger partial charge in [-0.2, -0.15) is 0 Å². The van der Waals surface area contributed by atoms with E-state index in [2.05, 4.69) is 0 Å².